The fourth-order valence-corrected chi connectivity index (χ4v) is 3.15. The van der Waals surface area contributed by atoms with Gasteiger partial charge in [-0.1, -0.05) is 18.2 Å². The van der Waals surface area contributed by atoms with E-state index in [1.54, 1.807) is 5.51 Å². The predicted octanol–water partition coefficient (Wildman–Crippen LogP) is 2.07. The quantitative estimate of drug-likeness (QED) is 0.671. The molecule has 3 aromatic rings. The van der Waals surface area contributed by atoms with Crippen LogP contribution in [0.25, 0.3) is 10.9 Å². The minimum absolute atomic E-state index is 0.144. The summed E-state index contributed by atoms with van der Waals surface area (Å²) in [5.74, 6) is -0.719. The van der Waals surface area contributed by atoms with E-state index in [-0.39, 0.29) is 12.3 Å². The van der Waals surface area contributed by atoms with Crippen molar-refractivity contribution in [2.24, 2.45) is 0 Å². The third-order valence-corrected chi connectivity index (χ3v) is 4.38. The number of thiazole rings is 1. The van der Waals surface area contributed by atoms with Crippen LogP contribution in [0.5, 0.6) is 0 Å². The second kappa shape index (κ2) is 7.27. The van der Waals surface area contributed by atoms with E-state index in [0.717, 1.165) is 16.5 Å². The monoisotopic (exact) mass is 343 g/mol. The molecule has 0 aliphatic heterocycles. The molecule has 0 aliphatic carbocycles. The highest BCUT2D eigenvalue weighted by Crippen LogP contribution is 2.19. The summed E-state index contributed by atoms with van der Waals surface area (Å²) in [6.45, 7) is 0. The van der Waals surface area contributed by atoms with E-state index in [4.69, 9.17) is 4.74 Å². The van der Waals surface area contributed by atoms with Crippen LogP contribution in [0.4, 0.5) is 0 Å². The van der Waals surface area contributed by atoms with Crippen LogP contribution in [-0.4, -0.2) is 35.0 Å². The van der Waals surface area contributed by atoms with Crippen molar-refractivity contribution in [1.29, 1.82) is 0 Å². The maximum absolute atomic E-state index is 12.2. The van der Waals surface area contributed by atoms with Crippen molar-refractivity contribution in [2.45, 2.75) is 18.9 Å². The molecule has 24 heavy (non-hydrogen) atoms. The van der Waals surface area contributed by atoms with Gasteiger partial charge in [0.1, 0.15) is 6.04 Å². The molecular weight excluding hydrogens is 326 g/mol. The number of H-pyrrole nitrogens is 1. The van der Waals surface area contributed by atoms with Crippen LogP contribution in [0, 0.1) is 0 Å². The molecule has 1 amide bonds. The Kier molecular flexibility index (Phi) is 4.90. The number of methoxy groups -OCH3 is 1. The lowest BCUT2D eigenvalue weighted by atomic mass is 10.0. The summed E-state index contributed by atoms with van der Waals surface area (Å²) in [6, 6.07) is 7.09. The molecule has 0 spiro atoms. The number of para-hydroxylation sites is 1. The summed E-state index contributed by atoms with van der Waals surface area (Å²) in [4.78, 5) is 31.5. The summed E-state index contributed by atoms with van der Waals surface area (Å²) >= 11 is 1.43. The van der Waals surface area contributed by atoms with Crippen molar-refractivity contribution in [3.8, 4) is 0 Å². The van der Waals surface area contributed by atoms with Gasteiger partial charge in [-0.15, -0.1) is 11.3 Å². The molecule has 6 nitrogen and oxygen atoms in total. The summed E-state index contributed by atoms with van der Waals surface area (Å²) in [7, 11) is 1.32. The molecule has 0 bridgehead atoms. The van der Waals surface area contributed by atoms with Crippen molar-refractivity contribution < 1.29 is 14.3 Å². The van der Waals surface area contributed by atoms with Crippen molar-refractivity contribution in [2.75, 3.05) is 7.11 Å². The van der Waals surface area contributed by atoms with Crippen molar-refractivity contribution in [1.82, 2.24) is 15.3 Å². The largest absolute Gasteiger partial charge is 0.467 e. The first-order chi connectivity index (χ1) is 11.7. The summed E-state index contributed by atoms with van der Waals surface area (Å²) in [5.41, 5.74) is 4.31. The molecule has 7 heteroatoms. The minimum Gasteiger partial charge on any atom is -0.467 e. The SMILES string of the molecule is COC(=O)[C@H](Cc1c[nH]c2ccccc12)NC(=O)Cc1cscn1. The zero-order chi connectivity index (χ0) is 16.9. The average Bonchev–Trinajstić information content (AvgIpc) is 3.23. The van der Waals surface area contributed by atoms with Gasteiger partial charge in [0, 0.05) is 28.9 Å². The lowest BCUT2D eigenvalue weighted by Crippen LogP contribution is -2.43. The Labute approximate surface area is 142 Å². The molecule has 0 radical (unpaired) electrons. The van der Waals surface area contributed by atoms with Gasteiger partial charge < -0.3 is 15.0 Å². The number of fused-ring (bicyclic) bond motifs is 1. The Hall–Kier alpha value is -2.67. The van der Waals surface area contributed by atoms with Crippen LogP contribution in [-0.2, 0) is 27.2 Å². The van der Waals surface area contributed by atoms with Gasteiger partial charge in [0.05, 0.1) is 24.7 Å². The molecule has 2 heterocycles. The number of nitrogens with zero attached hydrogens (tertiary/aromatic N) is 1. The van der Waals surface area contributed by atoms with Gasteiger partial charge >= 0.3 is 5.97 Å². The third kappa shape index (κ3) is 3.62. The molecule has 124 valence electrons. The fourth-order valence-electron chi connectivity index (χ4n) is 2.59. The van der Waals surface area contributed by atoms with Gasteiger partial charge in [0.25, 0.3) is 0 Å². The molecule has 0 fully saturated rings. The Morgan fingerprint density at radius 1 is 1.38 bits per heavy atom. The lowest BCUT2D eigenvalue weighted by molar-refractivity contribution is -0.145. The van der Waals surface area contributed by atoms with Crippen LogP contribution in [0.3, 0.4) is 0 Å². The van der Waals surface area contributed by atoms with E-state index in [2.05, 4.69) is 15.3 Å². The Morgan fingerprint density at radius 2 is 2.21 bits per heavy atom. The van der Waals surface area contributed by atoms with E-state index in [9.17, 15) is 9.59 Å². The normalized spacial score (nSPS) is 12.0. The molecule has 0 aliphatic rings. The van der Waals surface area contributed by atoms with E-state index in [1.165, 1.54) is 18.4 Å². The van der Waals surface area contributed by atoms with E-state index < -0.39 is 12.0 Å². The Bertz CT molecular complexity index is 842. The number of rotatable bonds is 6. The van der Waals surface area contributed by atoms with Gasteiger partial charge in [-0.3, -0.25) is 4.79 Å². The molecular formula is C17H17N3O3S. The average molecular weight is 343 g/mol. The topological polar surface area (TPSA) is 84.1 Å². The standard InChI is InChI=1S/C17H17N3O3S/c1-23-17(22)15(20-16(21)7-12-9-24-10-19-12)6-11-8-18-14-5-3-2-4-13(11)14/h2-5,8-10,15,18H,6-7H2,1H3,(H,20,21)/t15-/m0/s1. The van der Waals surface area contributed by atoms with Gasteiger partial charge in [-0.2, -0.15) is 0 Å². The van der Waals surface area contributed by atoms with E-state index in [0.29, 0.717) is 12.1 Å². The number of amides is 1. The molecule has 2 aromatic heterocycles. The number of aromatic amines is 1. The predicted molar refractivity (Wildman–Crippen MR) is 91.8 cm³/mol. The van der Waals surface area contributed by atoms with Crippen molar-refractivity contribution in [3.05, 3.63) is 52.6 Å². The number of carbonyl (C=O) groups is 2. The first-order valence-electron chi connectivity index (χ1n) is 7.46. The van der Waals surface area contributed by atoms with Crippen LogP contribution in [0.15, 0.2) is 41.4 Å². The summed E-state index contributed by atoms with van der Waals surface area (Å²) < 4.78 is 4.83. The van der Waals surface area contributed by atoms with Crippen molar-refractivity contribution >= 4 is 34.1 Å². The highest BCUT2D eigenvalue weighted by molar-refractivity contribution is 7.07. The van der Waals surface area contributed by atoms with Crippen LogP contribution in [0.2, 0.25) is 0 Å². The van der Waals surface area contributed by atoms with Crippen LogP contribution < -0.4 is 5.32 Å². The molecule has 0 saturated heterocycles. The Balaban J connectivity index is 1.74. The zero-order valence-corrected chi connectivity index (χ0v) is 13.9. The second-order valence-corrected chi connectivity index (χ2v) is 6.08. The number of ether oxygens (including phenoxy) is 1. The third-order valence-electron chi connectivity index (χ3n) is 3.75. The molecule has 2 N–H and O–H groups in total. The number of hydrogen-bond acceptors (Lipinski definition) is 5. The smallest absolute Gasteiger partial charge is 0.328 e. The zero-order valence-electron chi connectivity index (χ0n) is 13.1. The van der Waals surface area contributed by atoms with Gasteiger partial charge in [-0.25, -0.2) is 9.78 Å². The van der Waals surface area contributed by atoms with Crippen LogP contribution >= 0.6 is 11.3 Å². The highest BCUT2D eigenvalue weighted by atomic mass is 32.1. The first-order valence-corrected chi connectivity index (χ1v) is 8.41. The lowest BCUT2D eigenvalue weighted by Gasteiger charge is -2.16. The Morgan fingerprint density at radius 3 is 2.96 bits per heavy atom. The van der Waals surface area contributed by atoms with Crippen LogP contribution in [0.1, 0.15) is 11.3 Å². The second-order valence-electron chi connectivity index (χ2n) is 5.36. The molecule has 1 aromatic carbocycles. The molecule has 0 saturated carbocycles. The molecule has 0 unspecified atom stereocenters. The van der Waals surface area contributed by atoms with E-state index in [1.807, 2.05) is 35.8 Å². The van der Waals surface area contributed by atoms with Gasteiger partial charge in [0.2, 0.25) is 5.91 Å². The molecule has 1 atom stereocenters. The first kappa shape index (κ1) is 16.2. The van der Waals surface area contributed by atoms with Crippen molar-refractivity contribution in [3.63, 3.8) is 0 Å². The minimum atomic E-state index is -0.736. The summed E-state index contributed by atoms with van der Waals surface area (Å²) in [5, 5.41) is 5.59. The number of esters is 1. The van der Waals surface area contributed by atoms with Gasteiger partial charge in [-0.05, 0) is 11.6 Å². The number of hydrogen-bond donors (Lipinski definition) is 2. The fraction of sp³-hybridized carbons (Fsp3) is 0.235. The number of nitrogens with one attached hydrogen (secondary N) is 2. The highest BCUT2D eigenvalue weighted by Gasteiger charge is 2.23. The number of benzene rings is 1. The number of carbonyl (C=O) groups excluding carboxylic acids is 2. The van der Waals surface area contributed by atoms with E-state index >= 15 is 0 Å². The maximum atomic E-state index is 12.2. The maximum Gasteiger partial charge on any atom is 0.328 e. The summed E-state index contributed by atoms with van der Waals surface area (Å²) in [6.07, 6.45) is 2.36. The van der Waals surface area contributed by atoms with Gasteiger partial charge in [0.15, 0.2) is 0 Å². The number of aromatic nitrogens is 2. The molecule has 3 rings (SSSR count).